The normalized spacial score (nSPS) is 19.9. The molecule has 2 saturated heterocycles. The van der Waals surface area contributed by atoms with E-state index in [9.17, 15) is 14.4 Å². The van der Waals surface area contributed by atoms with E-state index in [4.69, 9.17) is 5.41 Å². The molecule has 8 nitrogen and oxygen atoms in total. The molecule has 0 saturated carbocycles. The van der Waals surface area contributed by atoms with Crippen LogP contribution in [0.3, 0.4) is 0 Å². The Hall–Kier alpha value is -4.36. The minimum atomic E-state index is -1.55. The van der Waals surface area contributed by atoms with Gasteiger partial charge in [0.2, 0.25) is 5.91 Å². The number of hydrogen-bond donors (Lipinski definition) is 2. The fourth-order valence-electron chi connectivity index (χ4n) is 4.47. The van der Waals surface area contributed by atoms with Crippen LogP contribution in [0.15, 0.2) is 54.4 Å². The molecule has 0 spiro atoms. The number of carbonyl (C=O) groups excluding carboxylic acids is 3. The molecule has 0 aromatic heterocycles. The minimum Gasteiger partial charge on any atom is -0.318 e. The van der Waals surface area contributed by atoms with Gasteiger partial charge in [0.25, 0.3) is 5.91 Å². The van der Waals surface area contributed by atoms with Crippen LogP contribution in [0.25, 0.3) is 0 Å². The van der Waals surface area contributed by atoms with Crippen molar-refractivity contribution in [3.8, 4) is 11.8 Å². The van der Waals surface area contributed by atoms with E-state index < -0.39 is 47.1 Å². The van der Waals surface area contributed by atoms with E-state index in [2.05, 4.69) is 11.8 Å². The fraction of sp³-hybridized carbons (Fsp3) is 0.259. The second-order valence-electron chi connectivity index (χ2n) is 8.86. The average molecular weight is 507 g/mol. The van der Waals surface area contributed by atoms with Gasteiger partial charge in [0.1, 0.15) is 23.1 Å². The Kier molecular flexibility index (Phi) is 7.18. The van der Waals surface area contributed by atoms with E-state index in [1.807, 2.05) is 13.0 Å². The number of halogens is 2. The quantitative estimate of drug-likeness (QED) is 0.480. The number of nitrogens with two attached hydrogens (primary N) is 1. The van der Waals surface area contributed by atoms with Crippen molar-refractivity contribution in [3.63, 3.8) is 0 Å². The summed E-state index contributed by atoms with van der Waals surface area (Å²) in [4.78, 5) is 42.9. The Bertz CT molecular complexity index is 1340. The van der Waals surface area contributed by atoms with Gasteiger partial charge in [0.05, 0.1) is 13.0 Å². The molecule has 2 aliphatic heterocycles. The number of fused-ring (bicyclic) bond motifs is 1. The lowest BCUT2D eigenvalue weighted by Gasteiger charge is -2.51. The number of piperazine rings is 1. The van der Waals surface area contributed by atoms with Crippen molar-refractivity contribution in [3.05, 3.63) is 77.1 Å². The van der Waals surface area contributed by atoms with Crippen molar-refractivity contribution >= 4 is 29.7 Å². The van der Waals surface area contributed by atoms with Crippen LogP contribution < -0.4 is 10.2 Å². The Morgan fingerprint density at radius 1 is 1.08 bits per heavy atom. The SMILES string of the molecule is CC[NH2+]/C=C(\C=N)N1CCN2C(=O)N(c3c(F)cc(C#Cc4ccccc4)cc3F)C(=O)C[C@@]2(C)C1=O. The van der Waals surface area contributed by atoms with Gasteiger partial charge in [-0.15, -0.1) is 0 Å². The highest BCUT2D eigenvalue weighted by atomic mass is 19.1. The molecule has 2 aromatic rings. The molecule has 2 heterocycles. The molecule has 4 amide bonds. The van der Waals surface area contributed by atoms with Crippen LogP contribution >= 0.6 is 0 Å². The predicted octanol–water partition coefficient (Wildman–Crippen LogP) is 2.20. The lowest BCUT2D eigenvalue weighted by atomic mass is 9.88. The number of urea groups is 1. The van der Waals surface area contributed by atoms with Gasteiger partial charge in [-0.1, -0.05) is 30.0 Å². The number of hydrogen-bond acceptors (Lipinski definition) is 4. The van der Waals surface area contributed by atoms with Gasteiger partial charge in [0.15, 0.2) is 11.6 Å². The topological polar surface area (TPSA) is 101 Å². The molecule has 0 unspecified atom stereocenters. The Balaban J connectivity index is 1.64. The lowest BCUT2D eigenvalue weighted by molar-refractivity contribution is -0.585. The van der Waals surface area contributed by atoms with E-state index in [0.29, 0.717) is 22.7 Å². The summed E-state index contributed by atoms with van der Waals surface area (Å²) < 4.78 is 30.2. The average Bonchev–Trinajstić information content (AvgIpc) is 2.87. The summed E-state index contributed by atoms with van der Waals surface area (Å²) in [5.41, 5.74) is -1.31. The highest BCUT2D eigenvalue weighted by Gasteiger charge is 2.56. The van der Waals surface area contributed by atoms with Gasteiger partial charge < -0.3 is 20.5 Å². The fourth-order valence-corrected chi connectivity index (χ4v) is 4.47. The van der Waals surface area contributed by atoms with Crippen LogP contribution in [-0.2, 0) is 9.59 Å². The van der Waals surface area contributed by atoms with Gasteiger partial charge in [-0.05, 0) is 38.1 Å². The summed E-state index contributed by atoms with van der Waals surface area (Å²) in [6, 6.07) is 9.85. The van der Waals surface area contributed by atoms with Crippen molar-refractivity contribution in [1.82, 2.24) is 9.80 Å². The first-order valence-corrected chi connectivity index (χ1v) is 11.8. The van der Waals surface area contributed by atoms with Crippen molar-refractivity contribution in [2.75, 3.05) is 24.5 Å². The summed E-state index contributed by atoms with van der Waals surface area (Å²) in [6.07, 6.45) is 2.20. The molecule has 2 fully saturated rings. The maximum atomic E-state index is 15.1. The number of imide groups is 1. The maximum absolute atomic E-state index is 15.1. The zero-order valence-corrected chi connectivity index (χ0v) is 20.4. The first kappa shape index (κ1) is 25.7. The second kappa shape index (κ2) is 10.3. The molecule has 4 rings (SSSR count). The number of nitrogens with zero attached hydrogens (tertiary/aromatic N) is 3. The summed E-state index contributed by atoms with van der Waals surface area (Å²) in [7, 11) is 0. The van der Waals surface area contributed by atoms with E-state index in [-0.39, 0.29) is 18.7 Å². The maximum Gasteiger partial charge on any atom is 0.332 e. The molecular weight excluding hydrogens is 480 g/mol. The van der Waals surface area contributed by atoms with Crippen LogP contribution in [-0.4, -0.2) is 59.0 Å². The zero-order valence-electron chi connectivity index (χ0n) is 20.4. The Morgan fingerprint density at radius 2 is 1.73 bits per heavy atom. The van der Waals surface area contributed by atoms with Crippen molar-refractivity contribution < 1.29 is 28.5 Å². The molecule has 37 heavy (non-hydrogen) atoms. The molecule has 3 N–H and O–H groups in total. The van der Waals surface area contributed by atoms with Gasteiger partial charge >= 0.3 is 6.03 Å². The minimum absolute atomic E-state index is 0.0199. The second-order valence-corrected chi connectivity index (χ2v) is 8.86. The van der Waals surface area contributed by atoms with Gasteiger partial charge in [-0.3, -0.25) is 9.59 Å². The number of quaternary nitrogens is 1. The zero-order chi connectivity index (χ0) is 26.7. The number of rotatable bonds is 5. The van der Waals surface area contributed by atoms with Gasteiger partial charge in [0, 0.05) is 30.4 Å². The van der Waals surface area contributed by atoms with Gasteiger partial charge in [-0.2, -0.15) is 0 Å². The number of allylic oxidation sites excluding steroid dienone is 1. The molecule has 10 heteroatoms. The summed E-state index contributed by atoms with van der Waals surface area (Å²) >= 11 is 0. The van der Waals surface area contributed by atoms with Crippen LogP contribution in [0.5, 0.6) is 0 Å². The standard InChI is InChI=1S/C27H25F2N5O3/c1-3-31-17-20(16-30)32-11-12-33-26(37)34(23(35)15-27(33,2)25(32)36)24-21(28)13-19(14-22(24)29)10-9-18-7-5-4-6-8-18/h4-8,13-14,16-17,30-31H,3,11-12,15H2,1-2H3/p+1/b20-17+,30-16?/t27-/m0/s1. The Morgan fingerprint density at radius 3 is 2.35 bits per heavy atom. The van der Waals surface area contributed by atoms with Crippen LogP contribution in [0.4, 0.5) is 19.3 Å². The van der Waals surface area contributed by atoms with E-state index >= 15 is 8.78 Å². The van der Waals surface area contributed by atoms with Crippen LogP contribution in [0.2, 0.25) is 0 Å². The molecule has 2 aromatic carbocycles. The summed E-state index contributed by atoms with van der Waals surface area (Å²) in [6.45, 7) is 4.15. The van der Waals surface area contributed by atoms with Gasteiger partial charge in [-0.25, -0.2) is 18.5 Å². The highest BCUT2D eigenvalue weighted by Crippen LogP contribution is 2.37. The molecule has 1 atom stereocenters. The third kappa shape index (κ3) is 4.73. The van der Waals surface area contributed by atoms with E-state index in [1.165, 1.54) is 16.7 Å². The number of carbonyl (C=O) groups is 3. The summed E-state index contributed by atoms with van der Waals surface area (Å²) in [5, 5.41) is 9.46. The molecule has 2 aliphatic rings. The number of amides is 4. The number of anilines is 1. The highest BCUT2D eigenvalue weighted by molar-refractivity contribution is 6.19. The number of benzene rings is 2. The van der Waals surface area contributed by atoms with E-state index in [1.54, 1.807) is 35.8 Å². The molecule has 190 valence electrons. The third-order valence-electron chi connectivity index (χ3n) is 6.37. The molecular formula is C27H26F2N5O3+. The molecule has 0 radical (unpaired) electrons. The predicted molar refractivity (Wildman–Crippen MR) is 132 cm³/mol. The Labute approximate surface area is 213 Å². The molecule has 0 aliphatic carbocycles. The van der Waals surface area contributed by atoms with Crippen molar-refractivity contribution in [2.24, 2.45) is 0 Å². The third-order valence-corrected chi connectivity index (χ3v) is 6.37. The largest absolute Gasteiger partial charge is 0.332 e. The smallest absolute Gasteiger partial charge is 0.318 e. The monoisotopic (exact) mass is 506 g/mol. The van der Waals surface area contributed by atoms with Crippen molar-refractivity contribution in [2.45, 2.75) is 25.8 Å². The first-order valence-electron chi connectivity index (χ1n) is 11.8. The van der Waals surface area contributed by atoms with E-state index in [0.717, 1.165) is 18.3 Å². The lowest BCUT2D eigenvalue weighted by Crippen LogP contribution is -2.78. The molecule has 0 bridgehead atoms. The first-order chi connectivity index (χ1) is 17.7. The number of nitrogens with one attached hydrogen (secondary N) is 1. The van der Waals surface area contributed by atoms with Crippen molar-refractivity contribution in [1.29, 1.82) is 5.41 Å². The van der Waals surface area contributed by atoms with Crippen LogP contribution in [0, 0.1) is 28.9 Å². The van der Waals surface area contributed by atoms with Crippen LogP contribution in [0.1, 0.15) is 31.4 Å². The summed E-state index contributed by atoms with van der Waals surface area (Å²) in [5.74, 6) is 1.82.